The second-order valence-electron chi connectivity index (χ2n) is 4.76. The smallest absolute Gasteiger partial charge is 0.229 e. The third-order valence-electron chi connectivity index (χ3n) is 3.19. The van der Waals surface area contributed by atoms with Crippen molar-refractivity contribution in [1.82, 2.24) is 14.5 Å². The van der Waals surface area contributed by atoms with Crippen molar-refractivity contribution in [2.45, 2.75) is 13.0 Å². The summed E-state index contributed by atoms with van der Waals surface area (Å²) in [5.74, 6) is 0.146. The predicted molar refractivity (Wildman–Crippen MR) is 80.9 cm³/mol. The van der Waals surface area contributed by atoms with Crippen LogP contribution in [0.5, 0.6) is 0 Å². The summed E-state index contributed by atoms with van der Waals surface area (Å²) in [6.45, 7) is 1.45. The van der Waals surface area contributed by atoms with E-state index in [1.165, 1.54) is 12.1 Å². The summed E-state index contributed by atoms with van der Waals surface area (Å²) in [7, 11) is 0. The lowest BCUT2D eigenvalue weighted by Gasteiger charge is -2.07. The minimum atomic E-state index is -0.299. The minimum absolute atomic E-state index is 0.299. The molecule has 0 unspecified atom stereocenters. The van der Waals surface area contributed by atoms with Crippen molar-refractivity contribution in [2.24, 2.45) is 5.73 Å². The van der Waals surface area contributed by atoms with Crippen molar-refractivity contribution >= 4 is 22.7 Å². The fraction of sp³-hybridized carbons (Fsp3) is 0.200. The SMILES string of the molecule is NCCCn1ccc2cnc(Nc3cccc(F)c3)nc21. The van der Waals surface area contributed by atoms with Gasteiger partial charge in [-0.25, -0.2) is 9.37 Å². The van der Waals surface area contributed by atoms with Gasteiger partial charge in [0.15, 0.2) is 0 Å². The molecule has 5 nitrogen and oxygen atoms in total. The maximum absolute atomic E-state index is 13.2. The summed E-state index contributed by atoms with van der Waals surface area (Å²) in [4.78, 5) is 8.73. The maximum atomic E-state index is 13.2. The highest BCUT2D eigenvalue weighted by molar-refractivity contribution is 5.76. The number of halogens is 1. The number of nitrogens with two attached hydrogens (primary N) is 1. The average Bonchev–Trinajstić information content (AvgIpc) is 2.87. The van der Waals surface area contributed by atoms with Crippen molar-refractivity contribution in [1.29, 1.82) is 0 Å². The molecule has 3 rings (SSSR count). The topological polar surface area (TPSA) is 68.8 Å². The number of aromatic nitrogens is 3. The Labute approximate surface area is 121 Å². The van der Waals surface area contributed by atoms with E-state index >= 15 is 0 Å². The van der Waals surface area contributed by atoms with E-state index in [1.54, 1.807) is 18.3 Å². The number of fused-ring (bicyclic) bond motifs is 1. The molecule has 2 aromatic heterocycles. The number of hydrogen-bond donors (Lipinski definition) is 2. The Hall–Kier alpha value is -2.47. The second kappa shape index (κ2) is 5.88. The van der Waals surface area contributed by atoms with Crippen LogP contribution in [-0.4, -0.2) is 21.1 Å². The Bertz CT molecular complexity index is 753. The zero-order chi connectivity index (χ0) is 14.7. The van der Waals surface area contributed by atoms with Gasteiger partial charge >= 0.3 is 0 Å². The molecule has 0 radical (unpaired) electrons. The van der Waals surface area contributed by atoms with Gasteiger partial charge < -0.3 is 15.6 Å². The van der Waals surface area contributed by atoms with E-state index in [9.17, 15) is 4.39 Å². The Balaban J connectivity index is 1.89. The van der Waals surface area contributed by atoms with Crippen LogP contribution in [-0.2, 0) is 6.54 Å². The normalized spacial score (nSPS) is 11.0. The van der Waals surface area contributed by atoms with Crippen LogP contribution in [0.3, 0.4) is 0 Å². The quantitative estimate of drug-likeness (QED) is 0.756. The highest BCUT2D eigenvalue weighted by Gasteiger charge is 2.05. The predicted octanol–water partition coefficient (Wildman–Crippen LogP) is 2.66. The summed E-state index contributed by atoms with van der Waals surface area (Å²) in [6.07, 6.45) is 4.62. The lowest BCUT2D eigenvalue weighted by atomic mass is 10.3. The fourth-order valence-corrected chi connectivity index (χ4v) is 2.17. The maximum Gasteiger partial charge on any atom is 0.229 e. The summed E-state index contributed by atoms with van der Waals surface area (Å²) >= 11 is 0. The van der Waals surface area contributed by atoms with E-state index in [1.807, 2.05) is 16.8 Å². The van der Waals surface area contributed by atoms with Gasteiger partial charge in [-0.15, -0.1) is 0 Å². The lowest BCUT2D eigenvalue weighted by molar-refractivity contribution is 0.628. The first kappa shape index (κ1) is 13.5. The number of nitrogens with one attached hydrogen (secondary N) is 1. The molecule has 0 aliphatic carbocycles. The van der Waals surface area contributed by atoms with Crippen molar-refractivity contribution in [2.75, 3.05) is 11.9 Å². The largest absolute Gasteiger partial charge is 0.332 e. The van der Waals surface area contributed by atoms with Crippen LogP contribution in [0.1, 0.15) is 6.42 Å². The number of hydrogen-bond acceptors (Lipinski definition) is 4. The van der Waals surface area contributed by atoms with Crippen LogP contribution < -0.4 is 11.1 Å². The van der Waals surface area contributed by atoms with Gasteiger partial charge in [-0.1, -0.05) is 6.07 Å². The fourth-order valence-electron chi connectivity index (χ4n) is 2.17. The summed E-state index contributed by atoms with van der Waals surface area (Å²) in [5, 5.41) is 3.98. The molecule has 0 saturated heterocycles. The Morgan fingerprint density at radius 1 is 1.29 bits per heavy atom. The Kier molecular flexibility index (Phi) is 3.79. The molecule has 108 valence electrons. The first-order valence-corrected chi connectivity index (χ1v) is 6.81. The van der Waals surface area contributed by atoms with E-state index in [-0.39, 0.29) is 5.82 Å². The molecular weight excluding hydrogens is 269 g/mol. The van der Waals surface area contributed by atoms with Gasteiger partial charge in [-0.3, -0.25) is 0 Å². The summed E-state index contributed by atoms with van der Waals surface area (Å²) in [6, 6.07) is 8.18. The highest BCUT2D eigenvalue weighted by atomic mass is 19.1. The molecule has 0 fully saturated rings. The molecule has 3 aromatic rings. The molecule has 0 bridgehead atoms. The molecule has 2 heterocycles. The van der Waals surface area contributed by atoms with Gasteiger partial charge in [-0.05, 0) is 37.2 Å². The van der Waals surface area contributed by atoms with Crippen molar-refractivity contribution in [3.63, 3.8) is 0 Å². The van der Waals surface area contributed by atoms with Crippen LogP contribution in [0.2, 0.25) is 0 Å². The van der Waals surface area contributed by atoms with Crippen LogP contribution in [0, 0.1) is 5.82 Å². The van der Waals surface area contributed by atoms with Crippen molar-refractivity contribution in [3.05, 3.63) is 48.5 Å². The second-order valence-corrected chi connectivity index (χ2v) is 4.76. The first-order valence-electron chi connectivity index (χ1n) is 6.81. The van der Waals surface area contributed by atoms with Gasteiger partial charge in [0.2, 0.25) is 5.95 Å². The molecule has 0 aliphatic rings. The Morgan fingerprint density at radius 2 is 2.19 bits per heavy atom. The third-order valence-corrected chi connectivity index (χ3v) is 3.19. The molecule has 0 aliphatic heterocycles. The summed E-state index contributed by atoms with van der Waals surface area (Å²) < 4.78 is 15.2. The van der Waals surface area contributed by atoms with Gasteiger partial charge in [0.1, 0.15) is 11.5 Å². The molecular formula is C15H16FN5. The minimum Gasteiger partial charge on any atom is -0.332 e. The van der Waals surface area contributed by atoms with E-state index < -0.39 is 0 Å². The van der Waals surface area contributed by atoms with Crippen molar-refractivity contribution in [3.8, 4) is 0 Å². The Morgan fingerprint density at radius 3 is 3.00 bits per heavy atom. The van der Waals surface area contributed by atoms with E-state index in [4.69, 9.17) is 5.73 Å². The molecule has 0 saturated carbocycles. The zero-order valence-electron chi connectivity index (χ0n) is 11.5. The van der Waals surface area contributed by atoms with Gasteiger partial charge in [0.25, 0.3) is 0 Å². The van der Waals surface area contributed by atoms with E-state index in [2.05, 4.69) is 15.3 Å². The van der Waals surface area contributed by atoms with Crippen LogP contribution in [0.15, 0.2) is 42.7 Å². The van der Waals surface area contributed by atoms with E-state index in [0.717, 1.165) is 24.0 Å². The number of aryl methyl sites for hydroxylation is 1. The molecule has 1 aromatic carbocycles. The molecule has 0 amide bonds. The van der Waals surface area contributed by atoms with Crippen LogP contribution >= 0.6 is 0 Å². The van der Waals surface area contributed by atoms with Crippen LogP contribution in [0.4, 0.5) is 16.0 Å². The lowest BCUT2D eigenvalue weighted by Crippen LogP contribution is -2.06. The van der Waals surface area contributed by atoms with Crippen molar-refractivity contribution < 1.29 is 4.39 Å². The third kappa shape index (κ3) is 3.00. The average molecular weight is 285 g/mol. The molecule has 6 heteroatoms. The number of anilines is 2. The van der Waals surface area contributed by atoms with Crippen LogP contribution in [0.25, 0.3) is 11.0 Å². The monoisotopic (exact) mass is 285 g/mol. The molecule has 0 spiro atoms. The van der Waals surface area contributed by atoms with Gasteiger partial charge in [-0.2, -0.15) is 4.98 Å². The summed E-state index contributed by atoms with van der Waals surface area (Å²) in [5.41, 5.74) is 7.01. The number of benzene rings is 1. The number of rotatable bonds is 5. The van der Waals surface area contributed by atoms with Gasteiger partial charge in [0.05, 0.1) is 0 Å². The molecule has 21 heavy (non-hydrogen) atoms. The van der Waals surface area contributed by atoms with E-state index in [0.29, 0.717) is 18.2 Å². The zero-order valence-corrected chi connectivity index (χ0v) is 11.5. The van der Waals surface area contributed by atoms with Gasteiger partial charge in [0, 0.05) is 30.0 Å². The number of nitrogens with zero attached hydrogens (tertiary/aromatic N) is 3. The standard InChI is InChI=1S/C15H16FN5/c16-12-3-1-4-13(9-12)19-15-18-10-11-5-8-21(7-2-6-17)14(11)20-15/h1,3-5,8-10H,2,6-7,17H2,(H,18,19,20). The molecule has 3 N–H and O–H groups in total. The first-order chi connectivity index (χ1) is 10.3. The molecule has 0 atom stereocenters. The highest BCUT2D eigenvalue weighted by Crippen LogP contribution is 2.18.